The zero-order valence-corrected chi connectivity index (χ0v) is 16.3. The molecule has 0 atom stereocenters. The van der Waals surface area contributed by atoms with Crippen LogP contribution in [0.25, 0.3) is 21.9 Å². The van der Waals surface area contributed by atoms with Gasteiger partial charge in [0.15, 0.2) is 0 Å². The number of fused-ring (bicyclic) bond motifs is 2. The van der Waals surface area contributed by atoms with Crippen molar-refractivity contribution in [3.05, 3.63) is 53.7 Å². The van der Waals surface area contributed by atoms with Crippen LogP contribution < -0.4 is 5.32 Å². The average Bonchev–Trinajstić information content (AvgIpc) is 3.13. The van der Waals surface area contributed by atoms with E-state index in [1.165, 1.54) is 5.69 Å². The molecule has 2 heterocycles. The molecule has 0 saturated heterocycles. The van der Waals surface area contributed by atoms with E-state index in [0.29, 0.717) is 0 Å². The minimum atomic E-state index is -0.461. The molecule has 4 aromatic rings. The predicted octanol–water partition coefficient (Wildman–Crippen LogP) is 4.41. The molecule has 6 heteroatoms. The number of amides is 1. The Hall–Kier alpha value is -3.15. The number of nitrogens with one attached hydrogen (secondary N) is 3. The van der Waals surface area contributed by atoms with Gasteiger partial charge in [0.2, 0.25) is 5.91 Å². The third-order valence-electron chi connectivity index (χ3n) is 5.75. The van der Waals surface area contributed by atoms with Crippen molar-refractivity contribution in [1.82, 2.24) is 20.4 Å². The van der Waals surface area contributed by atoms with Crippen molar-refractivity contribution in [2.75, 3.05) is 5.32 Å². The van der Waals surface area contributed by atoms with Crippen LogP contribution in [0.15, 0.2) is 42.5 Å². The molecule has 6 nitrogen and oxygen atoms in total. The number of aromatic nitrogens is 4. The topological polar surface area (TPSA) is 86.5 Å². The molecule has 1 fully saturated rings. The van der Waals surface area contributed by atoms with E-state index in [1.807, 2.05) is 36.4 Å². The van der Waals surface area contributed by atoms with Gasteiger partial charge in [-0.05, 0) is 54.8 Å². The summed E-state index contributed by atoms with van der Waals surface area (Å²) >= 11 is 0. The molecule has 0 spiro atoms. The van der Waals surface area contributed by atoms with Gasteiger partial charge in [-0.15, -0.1) is 5.10 Å². The Labute approximate surface area is 162 Å². The highest BCUT2D eigenvalue weighted by molar-refractivity contribution is 6.03. The maximum atomic E-state index is 13.1. The summed E-state index contributed by atoms with van der Waals surface area (Å²) in [4.78, 5) is 16.6. The molecular weight excluding hydrogens is 350 g/mol. The van der Waals surface area contributed by atoms with Gasteiger partial charge in [-0.1, -0.05) is 32.1 Å². The minimum absolute atomic E-state index is 0.0428. The molecule has 2 aromatic heterocycles. The molecule has 0 aliphatic heterocycles. The van der Waals surface area contributed by atoms with Crippen LogP contribution in [0.2, 0.25) is 0 Å². The Morgan fingerprint density at radius 1 is 1.07 bits per heavy atom. The molecule has 5 rings (SSSR count). The predicted molar refractivity (Wildman–Crippen MR) is 110 cm³/mol. The second kappa shape index (κ2) is 5.67. The fourth-order valence-electron chi connectivity index (χ4n) is 3.78. The van der Waals surface area contributed by atoms with Crippen LogP contribution in [0.1, 0.15) is 44.9 Å². The highest BCUT2D eigenvalue weighted by Crippen LogP contribution is 2.49. The standard InChI is InChI=1S/C22H23N5O/c1-21(2,3)19-11-13-10-15(5-7-16(13)24-19)23-20(28)22(8-9-22)14-4-6-17-18(12-14)26-27-25-17/h4-7,10-12,24H,8-9H2,1-3H3,(H,23,28)(H,25,26,27). The number of benzene rings is 2. The molecule has 0 radical (unpaired) electrons. The molecule has 0 unspecified atom stereocenters. The normalized spacial score (nSPS) is 15.8. The summed E-state index contributed by atoms with van der Waals surface area (Å²) < 4.78 is 0. The third-order valence-corrected chi connectivity index (χ3v) is 5.75. The SMILES string of the molecule is CC(C)(C)c1cc2cc(NC(=O)C3(c4ccc5[nH]nnc5c4)CC3)ccc2[nH]1. The number of carbonyl (C=O) groups excluding carboxylic acids is 1. The number of nitrogens with zero attached hydrogens (tertiary/aromatic N) is 2. The van der Waals surface area contributed by atoms with Gasteiger partial charge in [0.25, 0.3) is 0 Å². The van der Waals surface area contributed by atoms with Crippen molar-refractivity contribution in [2.45, 2.75) is 44.4 Å². The van der Waals surface area contributed by atoms with Gasteiger partial charge in [0.1, 0.15) is 5.52 Å². The van der Waals surface area contributed by atoms with Crippen molar-refractivity contribution < 1.29 is 4.79 Å². The van der Waals surface area contributed by atoms with Crippen LogP contribution in [0.3, 0.4) is 0 Å². The van der Waals surface area contributed by atoms with E-state index in [4.69, 9.17) is 0 Å². The van der Waals surface area contributed by atoms with Gasteiger partial charge in [-0.2, -0.15) is 0 Å². The molecule has 0 bridgehead atoms. The molecule has 3 N–H and O–H groups in total. The lowest BCUT2D eigenvalue weighted by Crippen LogP contribution is -2.27. The summed E-state index contributed by atoms with van der Waals surface area (Å²) in [6.45, 7) is 6.55. The van der Waals surface area contributed by atoms with Crippen molar-refractivity contribution >= 4 is 33.5 Å². The molecule has 142 valence electrons. The zero-order valence-electron chi connectivity index (χ0n) is 16.3. The smallest absolute Gasteiger partial charge is 0.235 e. The van der Waals surface area contributed by atoms with Gasteiger partial charge in [-0.3, -0.25) is 9.89 Å². The lowest BCUT2D eigenvalue weighted by Gasteiger charge is -2.16. The number of carbonyl (C=O) groups is 1. The molecule has 1 amide bonds. The van der Waals surface area contributed by atoms with E-state index in [-0.39, 0.29) is 11.3 Å². The number of rotatable bonds is 3. The largest absolute Gasteiger partial charge is 0.358 e. The van der Waals surface area contributed by atoms with E-state index in [1.54, 1.807) is 0 Å². The Balaban J connectivity index is 1.43. The Morgan fingerprint density at radius 3 is 2.61 bits per heavy atom. The monoisotopic (exact) mass is 373 g/mol. The summed E-state index contributed by atoms with van der Waals surface area (Å²) in [5, 5.41) is 15.0. The van der Waals surface area contributed by atoms with E-state index in [9.17, 15) is 4.79 Å². The molecule has 2 aromatic carbocycles. The summed E-state index contributed by atoms with van der Waals surface area (Å²) in [7, 11) is 0. The first kappa shape index (κ1) is 17.0. The number of hydrogen-bond acceptors (Lipinski definition) is 3. The molecule has 28 heavy (non-hydrogen) atoms. The molecule has 1 saturated carbocycles. The van der Waals surface area contributed by atoms with Crippen molar-refractivity contribution in [2.24, 2.45) is 0 Å². The summed E-state index contributed by atoms with van der Waals surface area (Å²) in [5.41, 5.74) is 5.37. The van der Waals surface area contributed by atoms with Crippen LogP contribution in [-0.2, 0) is 15.6 Å². The highest BCUT2D eigenvalue weighted by Gasteiger charge is 2.51. The third kappa shape index (κ3) is 2.68. The first-order valence-corrected chi connectivity index (χ1v) is 9.61. The highest BCUT2D eigenvalue weighted by atomic mass is 16.2. The van der Waals surface area contributed by atoms with E-state index >= 15 is 0 Å². The molecular formula is C22H23N5O. The van der Waals surface area contributed by atoms with E-state index < -0.39 is 5.41 Å². The fourth-order valence-corrected chi connectivity index (χ4v) is 3.78. The first-order chi connectivity index (χ1) is 13.3. The van der Waals surface area contributed by atoms with Gasteiger partial charge in [-0.25, -0.2) is 0 Å². The number of aromatic amines is 2. The second-order valence-electron chi connectivity index (χ2n) is 8.82. The Morgan fingerprint density at radius 2 is 1.86 bits per heavy atom. The van der Waals surface area contributed by atoms with Crippen LogP contribution >= 0.6 is 0 Å². The Bertz CT molecular complexity index is 1210. The average molecular weight is 373 g/mol. The van der Waals surface area contributed by atoms with Crippen molar-refractivity contribution in [3.63, 3.8) is 0 Å². The molecule has 1 aliphatic carbocycles. The molecule has 1 aliphatic rings. The summed E-state index contributed by atoms with van der Waals surface area (Å²) in [6.07, 6.45) is 1.70. The minimum Gasteiger partial charge on any atom is -0.358 e. The second-order valence-corrected chi connectivity index (χ2v) is 8.82. The van der Waals surface area contributed by atoms with Gasteiger partial charge < -0.3 is 10.3 Å². The number of hydrogen-bond donors (Lipinski definition) is 3. The van der Waals surface area contributed by atoms with Crippen LogP contribution in [0.4, 0.5) is 5.69 Å². The van der Waals surface area contributed by atoms with E-state index in [2.05, 4.69) is 52.5 Å². The van der Waals surface area contributed by atoms with Crippen molar-refractivity contribution in [1.29, 1.82) is 0 Å². The zero-order chi connectivity index (χ0) is 19.5. The maximum Gasteiger partial charge on any atom is 0.235 e. The lowest BCUT2D eigenvalue weighted by atomic mass is 9.92. The Kier molecular flexibility index (Phi) is 3.44. The lowest BCUT2D eigenvalue weighted by molar-refractivity contribution is -0.118. The van der Waals surface area contributed by atoms with Crippen LogP contribution in [0, 0.1) is 0 Å². The van der Waals surface area contributed by atoms with Crippen LogP contribution in [-0.4, -0.2) is 26.3 Å². The van der Waals surface area contributed by atoms with Gasteiger partial charge >= 0.3 is 0 Å². The van der Waals surface area contributed by atoms with E-state index in [0.717, 1.165) is 46.0 Å². The quantitative estimate of drug-likeness (QED) is 0.497. The van der Waals surface area contributed by atoms with Gasteiger partial charge in [0.05, 0.1) is 10.9 Å². The number of H-pyrrole nitrogens is 2. The fraction of sp³-hybridized carbons (Fsp3) is 0.318. The van der Waals surface area contributed by atoms with Gasteiger partial charge in [0, 0.05) is 27.7 Å². The maximum absolute atomic E-state index is 13.1. The first-order valence-electron chi connectivity index (χ1n) is 9.61. The van der Waals surface area contributed by atoms with Crippen molar-refractivity contribution in [3.8, 4) is 0 Å². The van der Waals surface area contributed by atoms with Crippen LogP contribution in [0.5, 0.6) is 0 Å². The number of anilines is 1. The summed E-state index contributed by atoms with van der Waals surface area (Å²) in [5.74, 6) is 0.0428. The summed E-state index contributed by atoms with van der Waals surface area (Å²) in [6, 6.07) is 14.1.